The van der Waals surface area contributed by atoms with Crippen molar-refractivity contribution in [3.63, 3.8) is 0 Å². The number of aromatic nitrogens is 2. The van der Waals surface area contributed by atoms with Crippen LogP contribution in [0.3, 0.4) is 0 Å². The fraction of sp³-hybridized carbons (Fsp3) is 0.667. The van der Waals surface area contributed by atoms with Gasteiger partial charge in [-0.2, -0.15) is 0 Å². The summed E-state index contributed by atoms with van der Waals surface area (Å²) in [5.41, 5.74) is 1.01. The maximum Gasteiger partial charge on any atom is 0.225 e. The van der Waals surface area contributed by atoms with Crippen molar-refractivity contribution in [2.45, 2.75) is 25.0 Å². The minimum absolute atomic E-state index is 0.219. The summed E-state index contributed by atoms with van der Waals surface area (Å²) >= 11 is 0. The van der Waals surface area contributed by atoms with Gasteiger partial charge in [-0.25, -0.2) is 18.4 Å². The Morgan fingerprint density at radius 1 is 1.28 bits per heavy atom. The molecule has 0 atom stereocenters. The largest absolute Gasteiger partial charge is 0.338 e. The third-order valence-corrected chi connectivity index (χ3v) is 5.82. The monoisotopic (exact) mass is 267 g/mol. The van der Waals surface area contributed by atoms with Crippen molar-refractivity contribution < 1.29 is 8.42 Å². The summed E-state index contributed by atoms with van der Waals surface area (Å²) in [6.45, 7) is 3.01. The average Bonchev–Trinajstić information content (AvgIpc) is 3.01. The van der Waals surface area contributed by atoms with Crippen molar-refractivity contribution in [2.75, 3.05) is 23.7 Å². The van der Waals surface area contributed by atoms with E-state index < -0.39 is 9.84 Å². The maximum atomic E-state index is 12.0. The van der Waals surface area contributed by atoms with Crippen LogP contribution in [0.5, 0.6) is 0 Å². The Labute approximate surface area is 107 Å². The first kappa shape index (κ1) is 11.9. The highest BCUT2D eigenvalue weighted by molar-refractivity contribution is 7.92. The van der Waals surface area contributed by atoms with Crippen LogP contribution >= 0.6 is 0 Å². The number of nitrogens with zero attached hydrogens (tertiary/aromatic N) is 3. The Kier molecular flexibility index (Phi) is 2.77. The van der Waals surface area contributed by atoms with Crippen LogP contribution in [0.25, 0.3) is 0 Å². The standard InChI is InChI=1S/C12H17N3O2S/c1-9-4-13-12(14-5-9)15-6-11(7-15)18(16,17)8-10-2-3-10/h4-5,10-11H,2-3,6-8H2,1H3. The van der Waals surface area contributed by atoms with Gasteiger partial charge in [0, 0.05) is 25.5 Å². The predicted molar refractivity (Wildman–Crippen MR) is 69.3 cm³/mol. The second-order valence-electron chi connectivity index (χ2n) is 5.36. The normalized spacial score (nSPS) is 20.8. The second-order valence-corrected chi connectivity index (χ2v) is 7.69. The van der Waals surface area contributed by atoms with Gasteiger partial charge in [0.25, 0.3) is 0 Å². The molecule has 0 radical (unpaired) electrons. The lowest BCUT2D eigenvalue weighted by Crippen LogP contribution is -2.56. The van der Waals surface area contributed by atoms with Crippen molar-refractivity contribution >= 4 is 15.8 Å². The second kappa shape index (κ2) is 4.19. The summed E-state index contributed by atoms with van der Waals surface area (Å²) in [6, 6.07) is 0. The van der Waals surface area contributed by atoms with E-state index in [1.807, 2.05) is 11.8 Å². The highest BCUT2D eigenvalue weighted by Crippen LogP contribution is 2.33. The van der Waals surface area contributed by atoms with Gasteiger partial charge in [-0.05, 0) is 31.2 Å². The van der Waals surface area contributed by atoms with E-state index in [1.165, 1.54) is 0 Å². The Morgan fingerprint density at radius 2 is 1.89 bits per heavy atom. The Hall–Kier alpha value is -1.17. The zero-order chi connectivity index (χ0) is 12.8. The number of sulfone groups is 1. The lowest BCUT2D eigenvalue weighted by molar-refractivity contribution is 0.533. The first-order chi connectivity index (χ1) is 8.54. The number of aryl methyl sites for hydroxylation is 1. The predicted octanol–water partition coefficient (Wildman–Crippen LogP) is 0.798. The molecule has 1 aromatic heterocycles. The third kappa shape index (κ3) is 2.34. The van der Waals surface area contributed by atoms with Crippen LogP contribution in [-0.2, 0) is 9.84 Å². The summed E-state index contributed by atoms with van der Waals surface area (Å²) in [4.78, 5) is 10.3. The molecule has 0 amide bonds. The maximum absolute atomic E-state index is 12.0. The number of anilines is 1. The van der Waals surface area contributed by atoms with Gasteiger partial charge < -0.3 is 4.90 Å². The van der Waals surface area contributed by atoms with E-state index in [0.717, 1.165) is 18.4 Å². The van der Waals surface area contributed by atoms with E-state index in [2.05, 4.69) is 9.97 Å². The molecule has 6 heteroatoms. The molecule has 0 N–H and O–H groups in total. The SMILES string of the molecule is Cc1cnc(N2CC(S(=O)(=O)CC3CC3)C2)nc1. The van der Waals surface area contributed by atoms with Gasteiger partial charge >= 0.3 is 0 Å². The molecule has 1 aliphatic carbocycles. The molecule has 0 aromatic carbocycles. The lowest BCUT2D eigenvalue weighted by atomic mass is 10.2. The lowest BCUT2D eigenvalue weighted by Gasteiger charge is -2.38. The van der Waals surface area contributed by atoms with Crippen LogP contribution in [0.15, 0.2) is 12.4 Å². The van der Waals surface area contributed by atoms with Crippen LogP contribution in [0.4, 0.5) is 5.95 Å². The van der Waals surface area contributed by atoms with Crippen LogP contribution in [0, 0.1) is 12.8 Å². The minimum Gasteiger partial charge on any atom is -0.338 e. The summed E-state index contributed by atoms with van der Waals surface area (Å²) in [6.07, 6.45) is 5.68. The molecule has 2 aliphatic rings. The fourth-order valence-electron chi connectivity index (χ4n) is 2.13. The van der Waals surface area contributed by atoms with E-state index in [4.69, 9.17) is 0 Å². The van der Waals surface area contributed by atoms with Crippen molar-refractivity contribution in [1.82, 2.24) is 9.97 Å². The summed E-state index contributed by atoms with van der Waals surface area (Å²) < 4.78 is 24.1. The third-order valence-electron chi connectivity index (χ3n) is 3.57. The van der Waals surface area contributed by atoms with Gasteiger partial charge in [-0.1, -0.05) is 0 Å². The Bertz CT molecular complexity index is 531. The van der Waals surface area contributed by atoms with Gasteiger partial charge in [0.05, 0.1) is 11.0 Å². The van der Waals surface area contributed by atoms with E-state index in [0.29, 0.717) is 30.7 Å². The summed E-state index contributed by atoms with van der Waals surface area (Å²) in [5, 5.41) is -0.219. The first-order valence-corrected chi connectivity index (χ1v) is 8.01. The quantitative estimate of drug-likeness (QED) is 0.807. The van der Waals surface area contributed by atoms with E-state index in [9.17, 15) is 8.42 Å². The molecule has 3 rings (SSSR count). The van der Waals surface area contributed by atoms with Crippen LogP contribution in [0.2, 0.25) is 0 Å². The highest BCUT2D eigenvalue weighted by Gasteiger charge is 2.41. The van der Waals surface area contributed by atoms with Crippen LogP contribution in [-0.4, -0.2) is 42.5 Å². The van der Waals surface area contributed by atoms with Crippen molar-refractivity contribution in [2.24, 2.45) is 5.92 Å². The van der Waals surface area contributed by atoms with Crippen molar-refractivity contribution in [3.8, 4) is 0 Å². The molecule has 0 spiro atoms. The van der Waals surface area contributed by atoms with Crippen LogP contribution in [0.1, 0.15) is 18.4 Å². The molecule has 1 saturated heterocycles. The average molecular weight is 267 g/mol. The van der Waals surface area contributed by atoms with Gasteiger partial charge in [0.1, 0.15) is 0 Å². The van der Waals surface area contributed by atoms with E-state index in [1.54, 1.807) is 12.4 Å². The molecular weight excluding hydrogens is 250 g/mol. The number of rotatable bonds is 4. The van der Waals surface area contributed by atoms with Crippen molar-refractivity contribution in [1.29, 1.82) is 0 Å². The number of hydrogen-bond acceptors (Lipinski definition) is 5. The van der Waals surface area contributed by atoms with Crippen LogP contribution < -0.4 is 4.90 Å². The van der Waals surface area contributed by atoms with Gasteiger partial charge in [0.15, 0.2) is 9.84 Å². The molecular formula is C12H17N3O2S. The fourth-order valence-corrected chi connectivity index (χ4v) is 4.20. The molecule has 2 fully saturated rings. The molecule has 0 unspecified atom stereocenters. The Balaban J connectivity index is 1.60. The van der Waals surface area contributed by atoms with Gasteiger partial charge in [-0.3, -0.25) is 0 Å². The van der Waals surface area contributed by atoms with Crippen molar-refractivity contribution in [3.05, 3.63) is 18.0 Å². The molecule has 5 nitrogen and oxygen atoms in total. The van der Waals surface area contributed by atoms with Gasteiger partial charge in [-0.15, -0.1) is 0 Å². The number of hydrogen-bond donors (Lipinski definition) is 0. The topological polar surface area (TPSA) is 63.2 Å². The van der Waals surface area contributed by atoms with E-state index in [-0.39, 0.29) is 5.25 Å². The molecule has 1 aromatic rings. The van der Waals surface area contributed by atoms with E-state index >= 15 is 0 Å². The molecule has 98 valence electrons. The minimum atomic E-state index is -2.91. The Morgan fingerprint density at radius 3 is 2.44 bits per heavy atom. The molecule has 18 heavy (non-hydrogen) atoms. The van der Waals surface area contributed by atoms with Gasteiger partial charge in [0.2, 0.25) is 5.95 Å². The molecule has 1 saturated carbocycles. The molecule has 1 aliphatic heterocycles. The highest BCUT2D eigenvalue weighted by atomic mass is 32.2. The first-order valence-electron chi connectivity index (χ1n) is 6.30. The zero-order valence-electron chi connectivity index (χ0n) is 10.4. The summed E-state index contributed by atoms with van der Waals surface area (Å²) in [7, 11) is -2.91. The smallest absolute Gasteiger partial charge is 0.225 e. The molecule has 0 bridgehead atoms. The summed E-state index contributed by atoms with van der Waals surface area (Å²) in [5.74, 6) is 1.44. The zero-order valence-corrected chi connectivity index (χ0v) is 11.2. The molecule has 2 heterocycles.